The molecule has 0 saturated heterocycles. The summed E-state index contributed by atoms with van der Waals surface area (Å²) in [7, 11) is 0. The molecule has 18 heavy (non-hydrogen) atoms. The van der Waals surface area contributed by atoms with E-state index in [0.717, 1.165) is 11.3 Å². The summed E-state index contributed by atoms with van der Waals surface area (Å²) in [6, 6.07) is 6.89. The van der Waals surface area contributed by atoms with E-state index in [1.54, 1.807) is 18.6 Å². The largest absolute Gasteiger partial charge is 0.328 e. The summed E-state index contributed by atoms with van der Waals surface area (Å²) >= 11 is 0. The molecule has 94 valence electrons. The molecule has 0 spiro atoms. The van der Waals surface area contributed by atoms with Gasteiger partial charge in [0, 0.05) is 12.1 Å². The highest BCUT2D eigenvalue weighted by atomic mass is 19.1. The van der Waals surface area contributed by atoms with Crippen LogP contribution in [0.25, 0.3) is 11.3 Å². The summed E-state index contributed by atoms with van der Waals surface area (Å²) < 4.78 is 15.4. The Kier molecular flexibility index (Phi) is 2.88. The van der Waals surface area contributed by atoms with Crippen molar-refractivity contribution in [2.45, 2.75) is 18.9 Å². The highest BCUT2D eigenvalue weighted by Crippen LogP contribution is 2.40. The molecule has 1 aliphatic rings. The Labute approximate surface area is 105 Å². The average Bonchev–Trinajstić information content (AvgIpc) is 3.08. The number of hydrogen-bond donors (Lipinski definition) is 1. The molecule has 1 aromatic heterocycles. The van der Waals surface area contributed by atoms with E-state index >= 15 is 0 Å². The fraction of sp³-hybridized carbons (Fsp3) is 0.357. The third-order valence-electron chi connectivity index (χ3n) is 3.55. The molecule has 4 heteroatoms. The summed E-state index contributed by atoms with van der Waals surface area (Å²) in [6.07, 6.45) is 6.03. The SMILES string of the molecule is NCC(C1CC1)n1cncc1-c1cccc(F)c1. The molecule has 0 bridgehead atoms. The van der Waals surface area contributed by atoms with Crippen LogP contribution < -0.4 is 5.73 Å². The van der Waals surface area contributed by atoms with Crippen LogP contribution in [0.3, 0.4) is 0 Å². The van der Waals surface area contributed by atoms with Gasteiger partial charge >= 0.3 is 0 Å². The molecule has 3 nitrogen and oxygen atoms in total. The lowest BCUT2D eigenvalue weighted by atomic mass is 10.1. The Morgan fingerprint density at radius 2 is 2.28 bits per heavy atom. The predicted molar refractivity (Wildman–Crippen MR) is 68.4 cm³/mol. The first-order valence-corrected chi connectivity index (χ1v) is 6.27. The van der Waals surface area contributed by atoms with E-state index in [0.29, 0.717) is 12.5 Å². The van der Waals surface area contributed by atoms with Gasteiger partial charge in [0.1, 0.15) is 5.82 Å². The molecule has 1 saturated carbocycles. The molecule has 2 N–H and O–H groups in total. The van der Waals surface area contributed by atoms with E-state index in [9.17, 15) is 4.39 Å². The zero-order chi connectivity index (χ0) is 12.5. The highest BCUT2D eigenvalue weighted by Gasteiger charge is 2.32. The first-order chi connectivity index (χ1) is 8.79. The van der Waals surface area contributed by atoms with E-state index in [4.69, 9.17) is 5.73 Å². The normalized spacial score (nSPS) is 16.8. The Hall–Kier alpha value is -1.68. The topological polar surface area (TPSA) is 43.8 Å². The summed E-state index contributed by atoms with van der Waals surface area (Å²) in [6.45, 7) is 0.601. The highest BCUT2D eigenvalue weighted by molar-refractivity contribution is 5.59. The van der Waals surface area contributed by atoms with Crippen LogP contribution in [0.5, 0.6) is 0 Å². The second-order valence-electron chi connectivity index (χ2n) is 4.84. The number of imidazole rings is 1. The van der Waals surface area contributed by atoms with Gasteiger partial charge in [0.25, 0.3) is 0 Å². The average molecular weight is 245 g/mol. The van der Waals surface area contributed by atoms with Crippen molar-refractivity contribution in [1.29, 1.82) is 0 Å². The summed E-state index contributed by atoms with van der Waals surface area (Å²) in [5.41, 5.74) is 7.65. The second-order valence-corrected chi connectivity index (χ2v) is 4.84. The molecule has 1 aromatic carbocycles. The summed E-state index contributed by atoms with van der Waals surface area (Å²) in [5.74, 6) is 0.424. The Morgan fingerprint density at radius 1 is 1.44 bits per heavy atom. The zero-order valence-electron chi connectivity index (χ0n) is 10.1. The van der Waals surface area contributed by atoms with Crippen molar-refractivity contribution < 1.29 is 4.39 Å². The lowest BCUT2D eigenvalue weighted by Gasteiger charge is -2.18. The van der Waals surface area contributed by atoms with Gasteiger partial charge in [-0.3, -0.25) is 0 Å². The van der Waals surface area contributed by atoms with Gasteiger partial charge in [-0.05, 0) is 30.9 Å². The molecule has 1 unspecified atom stereocenters. The van der Waals surface area contributed by atoms with Crippen LogP contribution in [-0.2, 0) is 0 Å². The number of benzene rings is 1. The molecule has 1 aliphatic carbocycles. The van der Waals surface area contributed by atoms with Crippen molar-refractivity contribution >= 4 is 0 Å². The van der Waals surface area contributed by atoms with Crippen LogP contribution in [0.4, 0.5) is 4.39 Å². The minimum atomic E-state index is -0.226. The van der Waals surface area contributed by atoms with Gasteiger partial charge in [-0.15, -0.1) is 0 Å². The smallest absolute Gasteiger partial charge is 0.123 e. The summed E-state index contributed by atoms with van der Waals surface area (Å²) in [4.78, 5) is 4.19. The molecule has 0 amide bonds. The lowest BCUT2D eigenvalue weighted by Crippen LogP contribution is -2.21. The Morgan fingerprint density at radius 3 is 2.94 bits per heavy atom. The van der Waals surface area contributed by atoms with Gasteiger partial charge in [-0.1, -0.05) is 12.1 Å². The first kappa shape index (κ1) is 11.4. The monoisotopic (exact) mass is 245 g/mol. The quantitative estimate of drug-likeness (QED) is 0.899. The molecule has 2 aromatic rings. The maximum absolute atomic E-state index is 13.3. The number of nitrogens with two attached hydrogens (primary N) is 1. The number of rotatable bonds is 4. The van der Waals surface area contributed by atoms with Crippen LogP contribution in [0.1, 0.15) is 18.9 Å². The molecule has 0 aliphatic heterocycles. The van der Waals surface area contributed by atoms with Crippen molar-refractivity contribution in [3.8, 4) is 11.3 Å². The van der Waals surface area contributed by atoms with Crippen LogP contribution in [-0.4, -0.2) is 16.1 Å². The van der Waals surface area contributed by atoms with Gasteiger partial charge in [-0.2, -0.15) is 0 Å². The van der Waals surface area contributed by atoms with E-state index in [1.165, 1.54) is 25.0 Å². The molecule has 1 heterocycles. The van der Waals surface area contributed by atoms with Crippen molar-refractivity contribution in [1.82, 2.24) is 9.55 Å². The Bertz CT molecular complexity index is 545. The third kappa shape index (κ3) is 2.04. The van der Waals surface area contributed by atoms with E-state index in [-0.39, 0.29) is 11.9 Å². The second kappa shape index (κ2) is 4.53. The molecule has 1 atom stereocenters. The van der Waals surface area contributed by atoms with Gasteiger partial charge in [0.2, 0.25) is 0 Å². The van der Waals surface area contributed by atoms with Crippen LogP contribution >= 0.6 is 0 Å². The maximum Gasteiger partial charge on any atom is 0.123 e. The van der Waals surface area contributed by atoms with Crippen LogP contribution in [0.15, 0.2) is 36.8 Å². The standard InChI is InChI=1S/C14H16FN3/c15-12-3-1-2-11(6-12)14-8-17-9-18(14)13(7-16)10-4-5-10/h1-3,6,8-10,13H,4-5,7,16H2. The molecular formula is C14H16FN3. The van der Waals surface area contributed by atoms with Crippen molar-refractivity contribution in [3.63, 3.8) is 0 Å². The Balaban J connectivity index is 2.00. The van der Waals surface area contributed by atoms with Gasteiger partial charge in [-0.25, -0.2) is 9.37 Å². The van der Waals surface area contributed by atoms with Gasteiger partial charge in [0.05, 0.1) is 24.3 Å². The van der Waals surface area contributed by atoms with Crippen LogP contribution in [0.2, 0.25) is 0 Å². The molecular weight excluding hydrogens is 229 g/mol. The fourth-order valence-electron chi connectivity index (χ4n) is 2.45. The first-order valence-electron chi connectivity index (χ1n) is 6.27. The number of halogens is 1. The summed E-state index contributed by atoms with van der Waals surface area (Å²) in [5, 5.41) is 0. The fourth-order valence-corrected chi connectivity index (χ4v) is 2.45. The lowest BCUT2D eigenvalue weighted by molar-refractivity contribution is 0.458. The van der Waals surface area contributed by atoms with E-state index < -0.39 is 0 Å². The minimum Gasteiger partial charge on any atom is -0.328 e. The van der Waals surface area contributed by atoms with E-state index in [1.807, 2.05) is 6.07 Å². The van der Waals surface area contributed by atoms with Crippen molar-refractivity contribution in [2.24, 2.45) is 11.7 Å². The number of nitrogens with zero attached hydrogens (tertiary/aromatic N) is 2. The molecule has 1 fully saturated rings. The predicted octanol–water partition coefficient (Wildman–Crippen LogP) is 2.60. The zero-order valence-corrected chi connectivity index (χ0v) is 10.1. The number of aromatic nitrogens is 2. The maximum atomic E-state index is 13.3. The molecule has 3 rings (SSSR count). The van der Waals surface area contributed by atoms with Crippen molar-refractivity contribution in [2.75, 3.05) is 6.54 Å². The van der Waals surface area contributed by atoms with Gasteiger partial charge < -0.3 is 10.3 Å². The minimum absolute atomic E-state index is 0.226. The van der Waals surface area contributed by atoms with E-state index in [2.05, 4.69) is 9.55 Å². The van der Waals surface area contributed by atoms with Crippen molar-refractivity contribution in [3.05, 3.63) is 42.6 Å². The van der Waals surface area contributed by atoms with Crippen LogP contribution in [0, 0.1) is 11.7 Å². The van der Waals surface area contributed by atoms with Gasteiger partial charge in [0.15, 0.2) is 0 Å². The third-order valence-corrected chi connectivity index (χ3v) is 3.55. The number of hydrogen-bond acceptors (Lipinski definition) is 2. The molecule has 0 radical (unpaired) electrons.